The number of thiophene rings is 1. The topological polar surface area (TPSA) is 92.3 Å². The number of carbonyl (C=O) groups excluding carboxylic acids is 1. The number of H-pyrrole nitrogens is 1. The third-order valence-corrected chi connectivity index (χ3v) is 7.61. The summed E-state index contributed by atoms with van der Waals surface area (Å²) in [6.07, 6.45) is 5.53. The Morgan fingerprint density at radius 3 is 2.94 bits per heavy atom. The van der Waals surface area contributed by atoms with Crippen molar-refractivity contribution in [3.63, 3.8) is 0 Å². The lowest BCUT2D eigenvalue weighted by Gasteiger charge is -2.37. The van der Waals surface area contributed by atoms with Gasteiger partial charge in [-0.1, -0.05) is 13.8 Å². The Balaban J connectivity index is 1.58. The molecular weight excluding hydrogens is 408 g/mol. The molecule has 5 rings (SSSR count). The molecule has 162 valence electrons. The average molecular weight is 437 g/mol. The second kappa shape index (κ2) is 7.46. The first-order valence-corrected chi connectivity index (χ1v) is 11.7. The van der Waals surface area contributed by atoms with Gasteiger partial charge in [-0.15, -0.1) is 11.3 Å². The number of carbonyl (C=O) groups is 1. The van der Waals surface area contributed by atoms with Crippen LogP contribution in [0.2, 0.25) is 0 Å². The molecule has 1 saturated heterocycles. The minimum atomic E-state index is 0.0512. The maximum absolute atomic E-state index is 13.3. The van der Waals surface area contributed by atoms with Gasteiger partial charge in [-0.3, -0.25) is 4.79 Å². The van der Waals surface area contributed by atoms with Crippen LogP contribution < -0.4 is 5.73 Å². The zero-order chi connectivity index (χ0) is 21.9. The van der Waals surface area contributed by atoms with Crippen molar-refractivity contribution in [2.24, 2.45) is 5.73 Å². The third-order valence-electron chi connectivity index (χ3n) is 6.45. The molecule has 1 amide bonds. The van der Waals surface area contributed by atoms with Crippen molar-refractivity contribution < 1.29 is 4.79 Å². The van der Waals surface area contributed by atoms with Crippen molar-refractivity contribution in [1.29, 1.82) is 0 Å². The van der Waals surface area contributed by atoms with E-state index in [9.17, 15) is 4.79 Å². The molecule has 4 aromatic heterocycles. The summed E-state index contributed by atoms with van der Waals surface area (Å²) in [4.78, 5) is 23.9. The molecule has 1 fully saturated rings. The number of aromatic amines is 1. The fourth-order valence-electron chi connectivity index (χ4n) is 4.72. The Morgan fingerprint density at radius 1 is 1.35 bits per heavy atom. The van der Waals surface area contributed by atoms with Gasteiger partial charge in [0.15, 0.2) is 5.65 Å². The molecule has 0 radical (unpaired) electrons. The molecule has 0 saturated carbocycles. The van der Waals surface area contributed by atoms with Crippen LogP contribution in [0.5, 0.6) is 0 Å². The summed E-state index contributed by atoms with van der Waals surface area (Å²) < 4.78 is 2.97. The molecule has 2 atom stereocenters. The van der Waals surface area contributed by atoms with E-state index in [4.69, 9.17) is 5.73 Å². The molecular formula is C23H28N6OS. The molecule has 0 spiro atoms. The lowest BCUT2D eigenvalue weighted by molar-refractivity contribution is 0.0610. The van der Waals surface area contributed by atoms with Gasteiger partial charge in [-0.05, 0) is 55.9 Å². The smallest absolute Gasteiger partial charge is 0.264 e. The van der Waals surface area contributed by atoms with E-state index in [0.717, 1.165) is 56.9 Å². The molecule has 0 unspecified atom stereocenters. The first-order valence-electron chi connectivity index (χ1n) is 10.9. The Kier molecular flexibility index (Phi) is 4.86. The van der Waals surface area contributed by atoms with Crippen molar-refractivity contribution in [3.8, 4) is 11.3 Å². The van der Waals surface area contributed by atoms with E-state index >= 15 is 0 Å². The van der Waals surface area contributed by atoms with Crippen LogP contribution in [0.15, 0.2) is 24.7 Å². The van der Waals surface area contributed by atoms with E-state index in [1.807, 2.05) is 21.7 Å². The van der Waals surface area contributed by atoms with E-state index < -0.39 is 0 Å². The van der Waals surface area contributed by atoms with Crippen LogP contribution in [-0.2, 0) is 0 Å². The largest absolute Gasteiger partial charge is 0.354 e. The Bertz CT molecular complexity index is 1280. The van der Waals surface area contributed by atoms with Crippen LogP contribution >= 0.6 is 11.3 Å². The summed E-state index contributed by atoms with van der Waals surface area (Å²) in [6, 6.07) is 4.27. The normalized spacial score (nSPS) is 19.7. The van der Waals surface area contributed by atoms with Crippen LogP contribution in [0.1, 0.15) is 60.3 Å². The number of aromatic nitrogens is 4. The third kappa shape index (κ3) is 3.25. The van der Waals surface area contributed by atoms with E-state index in [0.29, 0.717) is 5.92 Å². The zero-order valence-corrected chi connectivity index (χ0v) is 19.2. The van der Waals surface area contributed by atoms with Crippen molar-refractivity contribution in [3.05, 3.63) is 40.7 Å². The number of fused-ring (bicyclic) bond motifs is 2. The number of nitrogens with zero attached hydrogens (tertiary/aromatic N) is 4. The van der Waals surface area contributed by atoms with Gasteiger partial charge in [0.25, 0.3) is 5.91 Å². The SMILES string of the molecule is Cc1cc(-c2[nH]c3cc(C(=O)N4CCC[C@H](N)[C@@H]4C)sc3c2C(C)C)cn2ncnc12. The lowest BCUT2D eigenvalue weighted by atomic mass is 9.98. The highest BCUT2D eigenvalue weighted by Crippen LogP contribution is 2.40. The van der Waals surface area contributed by atoms with Crippen LogP contribution in [0.25, 0.3) is 27.1 Å². The predicted molar refractivity (Wildman–Crippen MR) is 125 cm³/mol. The summed E-state index contributed by atoms with van der Waals surface area (Å²) in [5.41, 5.74) is 12.6. The first-order chi connectivity index (χ1) is 14.8. The van der Waals surface area contributed by atoms with Gasteiger partial charge < -0.3 is 15.6 Å². The summed E-state index contributed by atoms with van der Waals surface area (Å²) in [5, 5.41) is 4.32. The number of likely N-dealkylation sites (tertiary alicyclic amines) is 1. The van der Waals surface area contributed by atoms with Crippen LogP contribution in [0.4, 0.5) is 0 Å². The number of nitrogens with two attached hydrogens (primary N) is 1. The van der Waals surface area contributed by atoms with Gasteiger partial charge in [-0.2, -0.15) is 5.10 Å². The fraction of sp³-hybridized carbons (Fsp3) is 0.435. The molecule has 0 bridgehead atoms. The van der Waals surface area contributed by atoms with E-state index in [1.165, 1.54) is 5.56 Å². The fourth-order valence-corrected chi connectivity index (χ4v) is 5.98. The zero-order valence-electron chi connectivity index (χ0n) is 18.3. The van der Waals surface area contributed by atoms with Crippen molar-refractivity contribution >= 4 is 33.1 Å². The monoisotopic (exact) mass is 436 g/mol. The predicted octanol–water partition coefficient (Wildman–Crippen LogP) is 4.32. The molecule has 31 heavy (non-hydrogen) atoms. The highest BCUT2D eigenvalue weighted by molar-refractivity contribution is 7.21. The number of pyridine rings is 1. The number of rotatable bonds is 3. The van der Waals surface area contributed by atoms with Gasteiger partial charge in [0.2, 0.25) is 0 Å². The van der Waals surface area contributed by atoms with E-state index in [2.05, 4.69) is 48.8 Å². The van der Waals surface area contributed by atoms with Gasteiger partial charge in [0, 0.05) is 30.4 Å². The maximum atomic E-state index is 13.3. The molecule has 0 aromatic carbocycles. The summed E-state index contributed by atoms with van der Waals surface area (Å²) in [7, 11) is 0. The minimum Gasteiger partial charge on any atom is -0.354 e. The van der Waals surface area contributed by atoms with Crippen LogP contribution in [0, 0.1) is 6.92 Å². The van der Waals surface area contributed by atoms with Crippen molar-refractivity contribution in [1.82, 2.24) is 24.5 Å². The minimum absolute atomic E-state index is 0.0512. The van der Waals surface area contributed by atoms with Gasteiger partial charge in [-0.25, -0.2) is 9.50 Å². The number of piperidine rings is 1. The van der Waals surface area contributed by atoms with Crippen LogP contribution in [0.3, 0.4) is 0 Å². The maximum Gasteiger partial charge on any atom is 0.264 e. The molecule has 7 nitrogen and oxygen atoms in total. The first kappa shape index (κ1) is 20.2. The average Bonchev–Trinajstić information content (AvgIpc) is 3.42. The van der Waals surface area contributed by atoms with E-state index in [-0.39, 0.29) is 18.0 Å². The second-order valence-corrected chi connectivity index (χ2v) is 9.96. The summed E-state index contributed by atoms with van der Waals surface area (Å²) in [6.45, 7) is 9.27. The number of aryl methyl sites for hydroxylation is 1. The lowest BCUT2D eigenvalue weighted by Crippen LogP contribution is -2.52. The standard InChI is InChI=1S/C23H28N6OS/c1-12(2)19-20(15-8-13(3)22-25-11-26-29(22)10-15)27-17-9-18(31-21(17)19)23(30)28-7-5-6-16(24)14(28)4/h8-12,14,16,27H,5-7,24H2,1-4H3/t14-,16-/m0/s1. The van der Waals surface area contributed by atoms with Crippen LogP contribution in [-0.4, -0.2) is 49.0 Å². The van der Waals surface area contributed by atoms with E-state index in [1.54, 1.807) is 17.7 Å². The summed E-state index contributed by atoms with van der Waals surface area (Å²) >= 11 is 1.58. The summed E-state index contributed by atoms with van der Waals surface area (Å²) in [5.74, 6) is 0.396. The number of amides is 1. The highest BCUT2D eigenvalue weighted by Gasteiger charge is 2.31. The van der Waals surface area contributed by atoms with Gasteiger partial charge in [0.1, 0.15) is 6.33 Å². The highest BCUT2D eigenvalue weighted by atomic mass is 32.1. The molecule has 1 aliphatic heterocycles. The Morgan fingerprint density at radius 2 is 2.16 bits per heavy atom. The molecule has 1 aliphatic rings. The van der Waals surface area contributed by atoms with Gasteiger partial charge >= 0.3 is 0 Å². The molecule has 0 aliphatic carbocycles. The van der Waals surface area contributed by atoms with Crippen molar-refractivity contribution in [2.45, 2.75) is 58.5 Å². The van der Waals surface area contributed by atoms with Gasteiger partial charge in [0.05, 0.1) is 20.8 Å². The molecule has 4 aromatic rings. The molecule has 5 heterocycles. The molecule has 3 N–H and O–H groups in total. The number of hydrogen-bond donors (Lipinski definition) is 2. The van der Waals surface area contributed by atoms with Crippen molar-refractivity contribution in [2.75, 3.05) is 6.54 Å². The Labute approximate surface area is 185 Å². The Hall–Kier alpha value is -2.71. The quantitative estimate of drug-likeness (QED) is 0.500. The number of nitrogens with one attached hydrogen (secondary N) is 1. The second-order valence-electron chi connectivity index (χ2n) is 8.91. The number of hydrogen-bond acceptors (Lipinski definition) is 5. The molecule has 8 heteroatoms.